The van der Waals surface area contributed by atoms with Gasteiger partial charge in [-0.05, 0) is 48.4 Å². The maximum Gasteiger partial charge on any atom is 0.315 e. The summed E-state index contributed by atoms with van der Waals surface area (Å²) in [5.41, 5.74) is 2.23. The first-order chi connectivity index (χ1) is 16.9. The van der Waals surface area contributed by atoms with Gasteiger partial charge in [-0.1, -0.05) is 55.5 Å². The highest BCUT2D eigenvalue weighted by molar-refractivity contribution is 5.98. The number of carbonyl (C=O) groups is 3. The lowest BCUT2D eigenvalue weighted by molar-refractivity contribution is -0.138. The number of aryl methyl sites for hydroxylation is 1. The largest absolute Gasteiger partial charge is 0.497 e. The van der Waals surface area contributed by atoms with Crippen molar-refractivity contribution in [3.8, 4) is 11.5 Å². The lowest BCUT2D eigenvalue weighted by Crippen LogP contribution is -2.49. The Hall–Kier alpha value is -4.13. The van der Waals surface area contributed by atoms with Crippen LogP contribution in [0.1, 0.15) is 28.4 Å². The highest BCUT2D eigenvalue weighted by Crippen LogP contribution is 2.18. The predicted molar refractivity (Wildman–Crippen MR) is 133 cm³/mol. The number of nitrogens with one attached hydrogen (secondary N) is 2. The fourth-order valence-electron chi connectivity index (χ4n) is 3.44. The molecule has 0 aliphatic rings. The summed E-state index contributed by atoms with van der Waals surface area (Å²) in [6.07, 6.45) is 0.314. The van der Waals surface area contributed by atoms with Crippen molar-refractivity contribution in [2.45, 2.75) is 26.3 Å². The van der Waals surface area contributed by atoms with E-state index in [1.165, 1.54) is 0 Å². The molecule has 2 atom stereocenters. The van der Waals surface area contributed by atoms with Gasteiger partial charge in [-0.25, -0.2) is 0 Å². The zero-order valence-corrected chi connectivity index (χ0v) is 20.1. The Bertz CT molecular complexity index is 1150. The van der Waals surface area contributed by atoms with Gasteiger partial charge in [-0.2, -0.15) is 0 Å². The first-order valence-corrected chi connectivity index (χ1v) is 11.4. The minimum atomic E-state index is -0.811. The average molecular weight is 475 g/mol. The fourth-order valence-corrected chi connectivity index (χ4v) is 3.44. The molecule has 2 N–H and O–H groups in total. The monoisotopic (exact) mass is 474 g/mol. The lowest BCUT2D eigenvalue weighted by atomic mass is 10.0. The van der Waals surface area contributed by atoms with Crippen molar-refractivity contribution in [2.24, 2.45) is 5.92 Å². The van der Waals surface area contributed by atoms with Gasteiger partial charge in [0.25, 0.3) is 5.91 Å². The van der Waals surface area contributed by atoms with Gasteiger partial charge in [0.05, 0.1) is 13.0 Å². The summed E-state index contributed by atoms with van der Waals surface area (Å²) in [4.78, 5) is 38.4. The first kappa shape index (κ1) is 25.5. The smallest absolute Gasteiger partial charge is 0.315 e. The lowest BCUT2D eigenvalue weighted by Gasteiger charge is -2.20. The molecular formula is C28H30N2O5. The average Bonchev–Trinajstić information content (AvgIpc) is 2.87. The molecule has 0 aliphatic carbocycles. The molecule has 0 radical (unpaired) electrons. The number of hydrogen-bond acceptors (Lipinski definition) is 5. The maximum atomic E-state index is 13.1. The number of amides is 2. The number of rotatable bonds is 10. The van der Waals surface area contributed by atoms with Crippen molar-refractivity contribution in [2.75, 3.05) is 13.7 Å². The Labute approximate surface area is 205 Å². The van der Waals surface area contributed by atoms with Crippen LogP contribution in [0.25, 0.3) is 0 Å². The Morgan fingerprint density at radius 2 is 1.49 bits per heavy atom. The molecule has 0 heterocycles. The van der Waals surface area contributed by atoms with Crippen LogP contribution < -0.4 is 20.1 Å². The highest BCUT2D eigenvalue weighted by atomic mass is 16.5. The van der Waals surface area contributed by atoms with Crippen LogP contribution in [0.3, 0.4) is 0 Å². The van der Waals surface area contributed by atoms with Crippen LogP contribution in [0.2, 0.25) is 0 Å². The molecule has 3 aromatic carbocycles. The maximum absolute atomic E-state index is 13.1. The summed E-state index contributed by atoms with van der Waals surface area (Å²) in [5.74, 6) is -0.723. The normalized spacial score (nSPS) is 12.2. The number of methoxy groups -OCH3 is 1. The number of ether oxygens (including phenoxy) is 2. The summed E-state index contributed by atoms with van der Waals surface area (Å²) >= 11 is 0. The standard InChI is InChI=1S/C28H30N2O5/c1-19-9-7-8-12-24(19)26(31)30-25(17-21-10-5-4-6-11-21)27(32)29-18-20(2)28(33)35-23-15-13-22(34-3)14-16-23/h4-16,20,25H,17-18H2,1-3H3,(H,29,32)(H,30,31). The third kappa shape index (κ3) is 7.43. The van der Waals surface area contributed by atoms with E-state index in [0.717, 1.165) is 11.1 Å². The number of carbonyl (C=O) groups excluding carboxylic acids is 3. The van der Waals surface area contributed by atoms with Crippen molar-refractivity contribution < 1.29 is 23.9 Å². The van der Waals surface area contributed by atoms with Gasteiger partial charge in [0.2, 0.25) is 5.91 Å². The molecule has 0 bridgehead atoms. The van der Waals surface area contributed by atoms with Crippen molar-refractivity contribution in [1.29, 1.82) is 0 Å². The molecule has 3 aromatic rings. The minimum absolute atomic E-state index is 0.0688. The van der Waals surface area contributed by atoms with E-state index in [-0.39, 0.29) is 18.4 Å². The molecule has 0 aliphatic heterocycles. The van der Waals surface area contributed by atoms with Gasteiger partial charge in [0.1, 0.15) is 17.5 Å². The SMILES string of the molecule is COc1ccc(OC(=O)C(C)CNC(=O)C(Cc2ccccc2)NC(=O)c2ccccc2C)cc1. The van der Waals surface area contributed by atoms with Crippen LogP contribution in [-0.4, -0.2) is 37.5 Å². The van der Waals surface area contributed by atoms with E-state index in [4.69, 9.17) is 9.47 Å². The molecule has 7 nitrogen and oxygen atoms in total. The van der Waals surface area contributed by atoms with Gasteiger partial charge >= 0.3 is 5.97 Å². The van der Waals surface area contributed by atoms with Crippen molar-refractivity contribution in [1.82, 2.24) is 10.6 Å². The van der Waals surface area contributed by atoms with Crippen molar-refractivity contribution in [3.63, 3.8) is 0 Å². The summed E-state index contributed by atoms with van der Waals surface area (Å²) < 4.78 is 10.5. The Morgan fingerprint density at radius 3 is 2.14 bits per heavy atom. The third-order valence-electron chi connectivity index (χ3n) is 5.56. The van der Waals surface area contributed by atoms with E-state index >= 15 is 0 Å². The quantitative estimate of drug-likeness (QED) is 0.345. The molecule has 0 saturated carbocycles. The van der Waals surface area contributed by atoms with E-state index in [1.54, 1.807) is 50.4 Å². The topological polar surface area (TPSA) is 93.7 Å². The molecule has 0 saturated heterocycles. The molecule has 35 heavy (non-hydrogen) atoms. The number of benzene rings is 3. The first-order valence-electron chi connectivity index (χ1n) is 11.4. The van der Waals surface area contributed by atoms with Gasteiger partial charge in [-0.15, -0.1) is 0 Å². The zero-order valence-electron chi connectivity index (χ0n) is 20.1. The summed E-state index contributed by atoms with van der Waals surface area (Å²) in [5, 5.41) is 5.63. The molecule has 2 amide bonds. The predicted octanol–water partition coefficient (Wildman–Crippen LogP) is 3.70. The van der Waals surface area contributed by atoms with E-state index in [1.807, 2.05) is 49.4 Å². The fraction of sp³-hybridized carbons (Fsp3) is 0.250. The summed E-state index contributed by atoms with van der Waals surface area (Å²) in [6.45, 7) is 3.58. The molecular weight excluding hydrogens is 444 g/mol. The Morgan fingerprint density at radius 1 is 0.857 bits per heavy atom. The Balaban J connectivity index is 1.63. The van der Waals surface area contributed by atoms with Crippen LogP contribution in [-0.2, 0) is 16.0 Å². The summed E-state index contributed by atoms with van der Waals surface area (Å²) in [6, 6.07) is 22.5. The van der Waals surface area contributed by atoms with Gasteiger partial charge in [0.15, 0.2) is 0 Å². The van der Waals surface area contributed by atoms with Crippen LogP contribution in [0.4, 0.5) is 0 Å². The van der Waals surface area contributed by atoms with Crippen molar-refractivity contribution >= 4 is 17.8 Å². The second-order valence-corrected chi connectivity index (χ2v) is 8.27. The molecule has 0 aromatic heterocycles. The van der Waals surface area contributed by atoms with Crippen molar-refractivity contribution in [3.05, 3.63) is 95.6 Å². The molecule has 7 heteroatoms. The van der Waals surface area contributed by atoms with Crippen LogP contribution in [0.15, 0.2) is 78.9 Å². The molecule has 0 spiro atoms. The number of hydrogen-bond donors (Lipinski definition) is 2. The molecule has 0 fully saturated rings. The van der Waals surface area contributed by atoms with Crippen LogP contribution in [0, 0.1) is 12.8 Å². The second-order valence-electron chi connectivity index (χ2n) is 8.27. The second kappa shape index (κ2) is 12.4. The van der Waals surface area contributed by atoms with Gasteiger partial charge < -0.3 is 20.1 Å². The van der Waals surface area contributed by atoms with E-state index in [0.29, 0.717) is 23.5 Å². The zero-order chi connectivity index (χ0) is 25.2. The molecule has 3 rings (SSSR count). The van der Waals surface area contributed by atoms with Gasteiger partial charge in [0, 0.05) is 18.5 Å². The highest BCUT2D eigenvalue weighted by Gasteiger charge is 2.24. The summed E-state index contributed by atoms with van der Waals surface area (Å²) in [7, 11) is 1.56. The van der Waals surface area contributed by atoms with Crippen LogP contribution >= 0.6 is 0 Å². The van der Waals surface area contributed by atoms with E-state index < -0.39 is 17.9 Å². The molecule has 182 valence electrons. The van der Waals surface area contributed by atoms with E-state index in [9.17, 15) is 14.4 Å². The van der Waals surface area contributed by atoms with Gasteiger partial charge in [-0.3, -0.25) is 14.4 Å². The third-order valence-corrected chi connectivity index (χ3v) is 5.56. The molecule has 2 unspecified atom stereocenters. The van der Waals surface area contributed by atoms with Crippen LogP contribution in [0.5, 0.6) is 11.5 Å². The number of esters is 1. The Kier molecular flexibility index (Phi) is 9.01. The minimum Gasteiger partial charge on any atom is -0.497 e. The van der Waals surface area contributed by atoms with E-state index in [2.05, 4.69) is 10.6 Å².